The van der Waals surface area contributed by atoms with Gasteiger partial charge in [0.2, 0.25) is 5.91 Å². The maximum Gasteiger partial charge on any atom is 0.270 e. The van der Waals surface area contributed by atoms with Crippen LogP contribution in [0.3, 0.4) is 0 Å². The minimum atomic E-state index is -0.347. The number of amides is 2. The first-order valence-electron chi connectivity index (χ1n) is 7.58. The first-order valence-corrected chi connectivity index (χ1v) is 8.37. The Balaban J connectivity index is 1.56. The molecule has 0 spiro atoms. The highest BCUT2D eigenvalue weighted by atomic mass is 79.9. The summed E-state index contributed by atoms with van der Waals surface area (Å²) >= 11 is 3.31. The van der Waals surface area contributed by atoms with E-state index in [-0.39, 0.29) is 18.2 Å². The Bertz CT molecular complexity index is 758. The summed E-state index contributed by atoms with van der Waals surface area (Å²) in [6.45, 7) is 0. The minimum Gasteiger partial charge on any atom is -0.273 e. The fourth-order valence-corrected chi connectivity index (χ4v) is 3.27. The van der Waals surface area contributed by atoms with E-state index in [9.17, 15) is 9.59 Å². The van der Waals surface area contributed by atoms with Gasteiger partial charge in [-0.25, -0.2) is 0 Å². The second-order valence-electron chi connectivity index (χ2n) is 5.62. The van der Waals surface area contributed by atoms with E-state index in [4.69, 9.17) is 0 Å². The number of carbonyl (C=O) groups is 2. The Morgan fingerprint density at radius 3 is 2.61 bits per heavy atom. The van der Waals surface area contributed by atoms with Crippen molar-refractivity contribution in [3.63, 3.8) is 0 Å². The lowest BCUT2D eigenvalue weighted by Gasteiger charge is -2.09. The first kappa shape index (κ1) is 15.7. The summed E-state index contributed by atoms with van der Waals surface area (Å²) in [6, 6.07) is 13.2. The third-order valence-electron chi connectivity index (χ3n) is 3.96. The van der Waals surface area contributed by atoms with Crippen LogP contribution in [-0.4, -0.2) is 11.8 Å². The van der Waals surface area contributed by atoms with E-state index in [1.807, 2.05) is 12.1 Å². The fourth-order valence-electron chi connectivity index (χ4n) is 2.80. The molecule has 0 unspecified atom stereocenters. The molecule has 2 N–H and O–H groups in total. The number of hydrazine groups is 1. The first-order chi connectivity index (χ1) is 11.1. The molecule has 2 aromatic carbocycles. The normalized spacial score (nSPS) is 12.6. The predicted molar refractivity (Wildman–Crippen MR) is 91.9 cm³/mol. The number of halogens is 1. The van der Waals surface area contributed by atoms with Gasteiger partial charge >= 0.3 is 0 Å². The third kappa shape index (κ3) is 3.79. The number of aryl methyl sites for hydroxylation is 2. The van der Waals surface area contributed by atoms with Crippen LogP contribution in [0.25, 0.3) is 0 Å². The number of carbonyl (C=O) groups excluding carboxylic acids is 2. The molecular weight excluding hydrogens is 356 g/mol. The van der Waals surface area contributed by atoms with Gasteiger partial charge in [-0.3, -0.25) is 20.4 Å². The summed E-state index contributed by atoms with van der Waals surface area (Å²) in [5, 5.41) is 0. The molecule has 118 valence electrons. The molecule has 23 heavy (non-hydrogen) atoms. The fraction of sp³-hybridized carbons (Fsp3) is 0.222. The van der Waals surface area contributed by atoms with Crippen molar-refractivity contribution in [3.8, 4) is 0 Å². The van der Waals surface area contributed by atoms with Gasteiger partial charge in [0.25, 0.3) is 5.91 Å². The SMILES string of the molecule is O=C(Cc1ccc2c(c1)CCC2)NNC(=O)c1ccccc1Br. The third-order valence-corrected chi connectivity index (χ3v) is 4.65. The highest BCUT2D eigenvalue weighted by molar-refractivity contribution is 9.10. The molecule has 0 atom stereocenters. The van der Waals surface area contributed by atoms with Crippen LogP contribution in [0, 0.1) is 0 Å². The zero-order valence-electron chi connectivity index (χ0n) is 12.6. The van der Waals surface area contributed by atoms with Crippen LogP contribution >= 0.6 is 15.9 Å². The minimum absolute atomic E-state index is 0.233. The number of benzene rings is 2. The number of hydrogen-bond donors (Lipinski definition) is 2. The van der Waals surface area contributed by atoms with Crippen molar-refractivity contribution in [3.05, 3.63) is 69.2 Å². The molecule has 1 aliphatic carbocycles. The largest absolute Gasteiger partial charge is 0.273 e. The van der Waals surface area contributed by atoms with Crippen LogP contribution in [0.4, 0.5) is 0 Å². The molecule has 0 fully saturated rings. The molecule has 0 saturated carbocycles. The molecule has 3 rings (SSSR count). The van der Waals surface area contributed by atoms with Crippen LogP contribution in [0.2, 0.25) is 0 Å². The van der Waals surface area contributed by atoms with Crippen molar-refractivity contribution in [1.82, 2.24) is 10.9 Å². The van der Waals surface area contributed by atoms with E-state index < -0.39 is 0 Å². The summed E-state index contributed by atoms with van der Waals surface area (Å²) in [7, 11) is 0. The standard InChI is InChI=1S/C18H17BrN2O2/c19-16-7-2-1-6-15(16)18(23)21-20-17(22)11-12-8-9-13-4-3-5-14(13)10-12/h1-2,6-10H,3-5,11H2,(H,20,22)(H,21,23). The maximum absolute atomic E-state index is 12.0. The Labute approximate surface area is 143 Å². The zero-order valence-corrected chi connectivity index (χ0v) is 14.2. The molecular formula is C18H17BrN2O2. The average molecular weight is 373 g/mol. The van der Waals surface area contributed by atoms with Crippen LogP contribution in [0.15, 0.2) is 46.9 Å². The van der Waals surface area contributed by atoms with Gasteiger partial charge in [-0.05, 0) is 64.0 Å². The van der Waals surface area contributed by atoms with Gasteiger partial charge in [-0.1, -0.05) is 30.3 Å². The zero-order chi connectivity index (χ0) is 16.2. The molecule has 0 heterocycles. The molecule has 0 radical (unpaired) electrons. The topological polar surface area (TPSA) is 58.2 Å². The lowest BCUT2D eigenvalue weighted by molar-refractivity contribution is -0.121. The highest BCUT2D eigenvalue weighted by Crippen LogP contribution is 2.23. The van der Waals surface area contributed by atoms with Gasteiger partial charge in [0.15, 0.2) is 0 Å². The number of nitrogens with one attached hydrogen (secondary N) is 2. The van der Waals surface area contributed by atoms with E-state index in [1.165, 1.54) is 17.5 Å². The molecule has 0 aliphatic heterocycles. The second kappa shape index (κ2) is 6.96. The van der Waals surface area contributed by atoms with E-state index in [2.05, 4.69) is 38.9 Å². The van der Waals surface area contributed by atoms with Crippen LogP contribution in [-0.2, 0) is 24.1 Å². The Hall–Kier alpha value is -2.14. The summed E-state index contributed by atoms with van der Waals surface area (Å²) in [5.74, 6) is -0.580. The van der Waals surface area contributed by atoms with Crippen molar-refractivity contribution >= 4 is 27.7 Å². The second-order valence-corrected chi connectivity index (χ2v) is 6.47. The predicted octanol–water partition coefficient (Wildman–Crippen LogP) is 2.94. The van der Waals surface area contributed by atoms with Crippen LogP contribution < -0.4 is 10.9 Å². The van der Waals surface area contributed by atoms with Gasteiger partial charge in [0.05, 0.1) is 12.0 Å². The quantitative estimate of drug-likeness (QED) is 0.813. The van der Waals surface area contributed by atoms with Gasteiger partial charge in [0, 0.05) is 4.47 Å². The Kier molecular flexibility index (Phi) is 4.76. The van der Waals surface area contributed by atoms with Crippen LogP contribution in [0.1, 0.15) is 33.5 Å². The van der Waals surface area contributed by atoms with E-state index >= 15 is 0 Å². The van der Waals surface area contributed by atoms with E-state index in [1.54, 1.807) is 18.2 Å². The molecule has 2 aromatic rings. The van der Waals surface area contributed by atoms with E-state index in [0.717, 1.165) is 18.4 Å². The van der Waals surface area contributed by atoms with Crippen LogP contribution in [0.5, 0.6) is 0 Å². The van der Waals surface area contributed by atoms with Crippen molar-refractivity contribution in [2.45, 2.75) is 25.7 Å². The van der Waals surface area contributed by atoms with Gasteiger partial charge in [0.1, 0.15) is 0 Å². The lowest BCUT2D eigenvalue weighted by atomic mass is 10.0. The summed E-state index contributed by atoms with van der Waals surface area (Å²) in [4.78, 5) is 24.0. The molecule has 4 nitrogen and oxygen atoms in total. The maximum atomic E-state index is 12.0. The monoisotopic (exact) mass is 372 g/mol. The Morgan fingerprint density at radius 2 is 1.78 bits per heavy atom. The van der Waals surface area contributed by atoms with Gasteiger partial charge in [-0.15, -0.1) is 0 Å². The number of rotatable bonds is 3. The van der Waals surface area contributed by atoms with E-state index in [0.29, 0.717) is 10.0 Å². The van der Waals surface area contributed by atoms with Crippen molar-refractivity contribution < 1.29 is 9.59 Å². The molecule has 0 bridgehead atoms. The van der Waals surface area contributed by atoms with Crippen molar-refractivity contribution in [2.24, 2.45) is 0 Å². The summed E-state index contributed by atoms with van der Waals surface area (Å²) in [5.41, 5.74) is 9.08. The highest BCUT2D eigenvalue weighted by Gasteiger charge is 2.13. The smallest absolute Gasteiger partial charge is 0.270 e. The lowest BCUT2D eigenvalue weighted by Crippen LogP contribution is -2.42. The molecule has 0 aromatic heterocycles. The molecule has 1 aliphatic rings. The van der Waals surface area contributed by atoms with Crippen molar-refractivity contribution in [1.29, 1.82) is 0 Å². The molecule has 2 amide bonds. The Morgan fingerprint density at radius 1 is 1.00 bits per heavy atom. The number of fused-ring (bicyclic) bond motifs is 1. The van der Waals surface area contributed by atoms with Crippen molar-refractivity contribution in [2.75, 3.05) is 0 Å². The van der Waals surface area contributed by atoms with Gasteiger partial charge < -0.3 is 0 Å². The number of hydrogen-bond acceptors (Lipinski definition) is 2. The molecule has 0 saturated heterocycles. The summed E-state index contributed by atoms with van der Waals surface area (Å²) < 4.78 is 0.686. The average Bonchev–Trinajstić information content (AvgIpc) is 3.01. The van der Waals surface area contributed by atoms with Gasteiger partial charge in [-0.2, -0.15) is 0 Å². The summed E-state index contributed by atoms with van der Waals surface area (Å²) in [6.07, 6.45) is 3.66. The molecule has 5 heteroatoms.